The Labute approximate surface area is 188 Å². The monoisotopic (exact) mass is 432 g/mol. The summed E-state index contributed by atoms with van der Waals surface area (Å²) in [5.41, 5.74) is 0.550. The van der Waals surface area contributed by atoms with Crippen molar-refractivity contribution in [3.63, 3.8) is 0 Å². The van der Waals surface area contributed by atoms with E-state index in [0.717, 1.165) is 37.7 Å². The first-order chi connectivity index (χ1) is 14.7. The van der Waals surface area contributed by atoms with Gasteiger partial charge in [-0.1, -0.05) is 27.7 Å². The molecule has 0 aromatic carbocycles. The van der Waals surface area contributed by atoms with E-state index >= 15 is 0 Å². The molecule has 2 saturated heterocycles. The molecule has 13 atom stereocenters. The fourth-order valence-electron chi connectivity index (χ4n) is 10.3. The van der Waals surface area contributed by atoms with Crippen molar-refractivity contribution in [2.45, 2.75) is 110 Å². The quantitative estimate of drug-likeness (QED) is 0.579. The Balaban J connectivity index is 1.26. The van der Waals surface area contributed by atoms with Crippen molar-refractivity contribution >= 4 is 0 Å². The van der Waals surface area contributed by atoms with Gasteiger partial charge in [-0.2, -0.15) is 0 Å². The van der Waals surface area contributed by atoms with Gasteiger partial charge in [-0.15, -0.1) is 0 Å². The average molecular weight is 433 g/mol. The summed E-state index contributed by atoms with van der Waals surface area (Å²) < 4.78 is 13.3. The third-order valence-corrected chi connectivity index (χ3v) is 12.0. The van der Waals surface area contributed by atoms with Gasteiger partial charge in [-0.25, -0.2) is 0 Å². The van der Waals surface area contributed by atoms with Gasteiger partial charge in [0.15, 0.2) is 5.79 Å². The number of ether oxygens (including phenoxy) is 2. The first-order valence-electron chi connectivity index (χ1n) is 13.4. The molecule has 2 aliphatic heterocycles. The van der Waals surface area contributed by atoms with Crippen LogP contribution in [0.4, 0.5) is 0 Å². The Bertz CT molecular complexity index is 716. The lowest BCUT2D eigenvalue weighted by Crippen LogP contribution is -2.57. The maximum Gasteiger partial charge on any atom is 0.171 e. The lowest BCUT2D eigenvalue weighted by Gasteiger charge is -2.61. The number of rotatable bonds is 0. The normalized spacial score (nSPS) is 63.3. The van der Waals surface area contributed by atoms with Crippen LogP contribution in [-0.2, 0) is 9.47 Å². The van der Waals surface area contributed by atoms with E-state index in [9.17, 15) is 10.2 Å². The molecule has 0 aromatic heterocycles. The van der Waals surface area contributed by atoms with E-state index in [1.807, 2.05) is 0 Å². The Morgan fingerprint density at radius 2 is 1.65 bits per heavy atom. The first kappa shape index (κ1) is 21.4. The van der Waals surface area contributed by atoms with E-state index in [-0.39, 0.29) is 11.2 Å². The van der Waals surface area contributed by atoms with Crippen LogP contribution in [0.5, 0.6) is 0 Å². The highest BCUT2D eigenvalue weighted by Gasteiger charge is 2.69. The second-order valence-corrected chi connectivity index (χ2v) is 13.2. The Kier molecular flexibility index (Phi) is 4.78. The van der Waals surface area contributed by atoms with Gasteiger partial charge in [0.1, 0.15) is 0 Å². The Morgan fingerprint density at radius 1 is 0.839 bits per heavy atom. The summed E-state index contributed by atoms with van der Waals surface area (Å²) in [7, 11) is 0. The summed E-state index contributed by atoms with van der Waals surface area (Å²) in [5, 5.41) is 20.9. The molecule has 0 amide bonds. The molecule has 4 aliphatic carbocycles. The van der Waals surface area contributed by atoms with E-state index < -0.39 is 12.2 Å². The molecule has 1 spiro atoms. The Hall–Kier alpha value is -0.160. The van der Waals surface area contributed by atoms with Gasteiger partial charge in [-0.05, 0) is 97.7 Å². The van der Waals surface area contributed by atoms with Gasteiger partial charge in [0.05, 0.1) is 24.9 Å². The van der Waals surface area contributed by atoms with E-state index in [0.29, 0.717) is 41.1 Å². The van der Waals surface area contributed by atoms with Gasteiger partial charge in [0, 0.05) is 12.3 Å². The van der Waals surface area contributed by atoms with Gasteiger partial charge < -0.3 is 19.7 Å². The zero-order valence-electron chi connectivity index (χ0n) is 20.1. The zero-order valence-corrected chi connectivity index (χ0v) is 20.1. The third-order valence-electron chi connectivity index (χ3n) is 12.0. The van der Waals surface area contributed by atoms with Gasteiger partial charge in [-0.3, -0.25) is 0 Å². The topological polar surface area (TPSA) is 58.9 Å². The van der Waals surface area contributed by atoms with Crippen molar-refractivity contribution in [2.24, 2.45) is 52.3 Å². The second-order valence-electron chi connectivity index (χ2n) is 13.2. The highest BCUT2D eigenvalue weighted by Crippen LogP contribution is 2.71. The first-order valence-corrected chi connectivity index (χ1v) is 13.4. The van der Waals surface area contributed by atoms with Crippen molar-refractivity contribution in [3.05, 3.63) is 0 Å². The number of hydrogen-bond acceptors (Lipinski definition) is 4. The van der Waals surface area contributed by atoms with E-state index in [1.165, 1.54) is 38.5 Å². The maximum atomic E-state index is 10.6. The molecule has 6 fully saturated rings. The molecule has 31 heavy (non-hydrogen) atoms. The van der Waals surface area contributed by atoms with Crippen LogP contribution in [0.3, 0.4) is 0 Å². The molecule has 6 aliphatic rings. The van der Waals surface area contributed by atoms with Crippen molar-refractivity contribution in [3.8, 4) is 0 Å². The van der Waals surface area contributed by atoms with Crippen LogP contribution >= 0.6 is 0 Å². The molecule has 0 radical (unpaired) electrons. The molecular formula is C27H44O4. The molecule has 6 rings (SSSR count). The average Bonchev–Trinajstić information content (AvgIpc) is 3.16. The molecule has 0 unspecified atom stereocenters. The summed E-state index contributed by atoms with van der Waals surface area (Å²) in [6.07, 6.45) is 9.51. The molecule has 4 saturated carbocycles. The molecule has 0 bridgehead atoms. The van der Waals surface area contributed by atoms with Crippen LogP contribution < -0.4 is 0 Å². The van der Waals surface area contributed by atoms with Crippen molar-refractivity contribution in [1.29, 1.82) is 0 Å². The largest absolute Gasteiger partial charge is 0.390 e. The summed E-state index contributed by atoms with van der Waals surface area (Å²) in [4.78, 5) is 0. The minimum absolute atomic E-state index is 0.191. The smallest absolute Gasteiger partial charge is 0.171 e. The van der Waals surface area contributed by atoms with Crippen LogP contribution in [-0.4, -0.2) is 40.9 Å². The molecule has 4 nitrogen and oxygen atoms in total. The third kappa shape index (κ3) is 2.80. The molecule has 4 heteroatoms. The van der Waals surface area contributed by atoms with E-state index in [1.54, 1.807) is 0 Å². The number of hydrogen-bond donors (Lipinski definition) is 2. The molecule has 2 heterocycles. The van der Waals surface area contributed by atoms with Gasteiger partial charge in [0.25, 0.3) is 0 Å². The van der Waals surface area contributed by atoms with E-state index in [2.05, 4.69) is 27.7 Å². The predicted octanol–water partition coefficient (Wildman–Crippen LogP) is 4.76. The van der Waals surface area contributed by atoms with Crippen LogP contribution in [0, 0.1) is 52.3 Å². The SMILES string of the molecule is C[C@@H]1CC[C@@]2(OC1)O[C@H]1C[C@@H]3[C@@H]4CC[C@@H]5C[C@H](O)[C@@H](O)C[C@]5(C)[C@H]4CC[C@]3(C)[C@H]1[C@@H]2C. The second kappa shape index (κ2) is 6.93. The highest BCUT2D eigenvalue weighted by atomic mass is 16.7. The van der Waals surface area contributed by atoms with Crippen LogP contribution in [0.1, 0.15) is 85.5 Å². The van der Waals surface area contributed by atoms with Crippen LogP contribution in [0.15, 0.2) is 0 Å². The standard InChI is InChI=1S/C27H44O4/c1-15-7-10-27(30-14-15)16(2)24-23(31-27)12-20-18-6-5-17-11-21(28)22(29)13-26(17,4)19(18)8-9-25(20,24)3/h15-24,28-29H,5-14H2,1-4H3/t15-,16+,17-,18-,19+,20-,21+,22+,23+,24+,25+,26+,27-/m1/s1. The fraction of sp³-hybridized carbons (Fsp3) is 1.00. The highest BCUT2D eigenvalue weighted by molar-refractivity contribution is 5.15. The van der Waals surface area contributed by atoms with Gasteiger partial charge in [0.2, 0.25) is 0 Å². The predicted molar refractivity (Wildman–Crippen MR) is 119 cm³/mol. The van der Waals surface area contributed by atoms with Crippen molar-refractivity contribution < 1.29 is 19.7 Å². The summed E-state index contributed by atoms with van der Waals surface area (Å²) in [6, 6.07) is 0. The number of aliphatic hydroxyl groups is 2. The molecule has 2 N–H and O–H groups in total. The lowest BCUT2D eigenvalue weighted by atomic mass is 9.44. The van der Waals surface area contributed by atoms with Crippen molar-refractivity contribution in [2.75, 3.05) is 6.61 Å². The molecular weight excluding hydrogens is 388 g/mol. The summed E-state index contributed by atoms with van der Waals surface area (Å²) in [5.74, 6) is 4.21. The van der Waals surface area contributed by atoms with Crippen LogP contribution in [0.2, 0.25) is 0 Å². The van der Waals surface area contributed by atoms with E-state index in [4.69, 9.17) is 9.47 Å². The molecule has 176 valence electrons. The zero-order chi connectivity index (χ0) is 21.8. The summed E-state index contributed by atoms with van der Waals surface area (Å²) in [6.45, 7) is 10.6. The summed E-state index contributed by atoms with van der Waals surface area (Å²) >= 11 is 0. The number of fused-ring (bicyclic) bond motifs is 7. The Morgan fingerprint density at radius 3 is 2.39 bits per heavy atom. The minimum atomic E-state index is -0.537. The van der Waals surface area contributed by atoms with Gasteiger partial charge >= 0.3 is 0 Å². The fourth-order valence-corrected chi connectivity index (χ4v) is 10.3. The maximum absolute atomic E-state index is 10.6. The minimum Gasteiger partial charge on any atom is -0.390 e. The van der Waals surface area contributed by atoms with Crippen molar-refractivity contribution in [1.82, 2.24) is 0 Å². The molecule has 0 aromatic rings. The number of aliphatic hydroxyl groups excluding tert-OH is 2. The lowest BCUT2D eigenvalue weighted by molar-refractivity contribution is -0.273. The van der Waals surface area contributed by atoms with Crippen LogP contribution in [0.25, 0.3) is 0 Å².